The smallest absolute Gasteiger partial charge is 0.328 e. The van der Waals surface area contributed by atoms with E-state index in [9.17, 15) is 4.79 Å². The molecule has 0 radical (unpaired) electrons. The summed E-state index contributed by atoms with van der Waals surface area (Å²) in [6.45, 7) is 3.78. The lowest BCUT2D eigenvalue weighted by Crippen LogP contribution is -2.00. The van der Waals surface area contributed by atoms with Crippen LogP contribution in [0.4, 0.5) is 0 Å². The number of aryl methyl sites for hydroxylation is 1. The molecule has 0 aliphatic rings. The number of halogens is 1. The van der Waals surface area contributed by atoms with Crippen LogP contribution in [0.3, 0.4) is 0 Å². The van der Waals surface area contributed by atoms with Gasteiger partial charge in [0.25, 0.3) is 0 Å². The largest absolute Gasteiger partial charge is 0.493 e. The van der Waals surface area contributed by atoms with Gasteiger partial charge in [0.05, 0.1) is 7.11 Å². The molecule has 25 heavy (non-hydrogen) atoms. The summed E-state index contributed by atoms with van der Waals surface area (Å²) in [4.78, 5) is 15.2. The first-order valence-corrected chi connectivity index (χ1v) is 8.27. The monoisotopic (exact) mass is 365 g/mol. The van der Waals surface area contributed by atoms with Crippen molar-refractivity contribution in [2.45, 2.75) is 32.8 Å². The molecule has 2 aromatic rings. The van der Waals surface area contributed by atoms with E-state index in [0.29, 0.717) is 46.7 Å². The van der Waals surface area contributed by atoms with Crippen molar-refractivity contribution in [2.24, 2.45) is 0 Å². The first-order chi connectivity index (χ1) is 12.0. The third-order valence-electron chi connectivity index (χ3n) is 3.59. The maximum Gasteiger partial charge on any atom is 0.328 e. The lowest BCUT2D eigenvalue weighted by molar-refractivity contribution is -0.131. The molecular formula is C18H20ClNO5. The second-order valence-electron chi connectivity index (χ2n) is 5.29. The molecule has 0 saturated carbocycles. The van der Waals surface area contributed by atoms with Crippen molar-refractivity contribution in [1.29, 1.82) is 0 Å². The van der Waals surface area contributed by atoms with Crippen LogP contribution in [0.2, 0.25) is 0 Å². The van der Waals surface area contributed by atoms with Crippen LogP contribution in [0.5, 0.6) is 11.5 Å². The lowest BCUT2D eigenvalue weighted by atomic mass is 10.2. The standard InChI is InChI=1S/C18H20ClNO5/c1-4-13(8-17(21)22)18-20-14(11(2)25-18)10-24-15-6-5-12(9-19)7-16(15)23-3/h5-8H,4,9-10H2,1-3H3,(H,21,22)/b13-8+. The Balaban J connectivity index is 2.18. The number of allylic oxidation sites excluding steroid dienone is 1. The van der Waals surface area contributed by atoms with E-state index in [4.69, 9.17) is 30.6 Å². The fraction of sp³-hybridized carbons (Fsp3) is 0.333. The van der Waals surface area contributed by atoms with Crippen LogP contribution in [-0.4, -0.2) is 23.2 Å². The number of nitrogens with zero attached hydrogens (tertiary/aromatic N) is 1. The Morgan fingerprint density at radius 1 is 1.40 bits per heavy atom. The molecule has 0 amide bonds. The van der Waals surface area contributed by atoms with Crippen LogP contribution in [-0.2, 0) is 17.3 Å². The highest BCUT2D eigenvalue weighted by Gasteiger charge is 2.15. The van der Waals surface area contributed by atoms with Crippen molar-refractivity contribution >= 4 is 23.1 Å². The summed E-state index contributed by atoms with van der Waals surface area (Å²) in [6, 6.07) is 5.46. The van der Waals surface area contributed by atoms with Crippen molar-refractivity contribution < 1.29 is 23.8 Å². The number of rotatable bonds is 8. The highest BCUT2D eigenvalue weighted by molar-refractivity contribution is 6.17. The van der Waals surface area contributed by atoms with Crippen molar-refractivity contribution in [3.63, 3.8) is 0 Å². The molecule has 0 unspecified atom stereocenters. The van der Waals surface area contributed by atoms with Crippen LogP contribution in [0.1, 0.15) is 36.3 Å². The van der Waals surface area contributed by atoms with E-state index in [-0.39, 0.29) is 6.61 Å². The summed E-state index contributed by atoms with van der Waals surface area (Å²) in [5.74, 6) is 1.38. The molecule has 6 nitrogen and oxygen atoms in total. The van der Waals surface area contributed by atoms with Gasteiger partial charge in [-0.05, 0) is 31.0 Å². The predicted octanol–water partition coefficient (Wildman–Crippen LogP) is 4.19. The lowest BCUT2D eigenvalue weighted by Gasteiger charge is -2.10. The maximum atomic E-state index is 10.9. The Kier molecular flexibility index (Phi) is 6.47. The molecule has 2 rings (SSSR count). The van der Waals surface area contributed by atoms with Gasteiger partial charge in [-0.3, -0.25) is 0 Å². The number of alkyl halides is 1. The zero-order valence-electron chi connectivity index (χ0n) is 14.3. The summed E-state index contributed by atoms with van der Waals surface area (Å²) in [6.07, 6.45) is 1.60. The number of hydrogen-bond donors (Lipinski definition) is 1. The Morgan fingerprint density at radius 2 is 2.16 bits per heavy atom. The normalized spacial score (nSPS) is 11.4. The molecule has 1 heterocycles. The molecule has 134 valence electrons. The van der Waals surface area contributed by atoms with Crippen molar-refractivity contribution in [1.82, 2.24) is 4.98 Å². The predicted molar refractivity (Wildman–Crippen MR) is 94.0 cm³/mol. The van der Waals surface area contributed by atoms with Gasteiger partial charge >= 0.3 is 5.97 Å². The fourth-order valence-corrected chi connectivity index (χ4v) is 2.39. The average molecular weight is 366 g/mol. The molecule has 0 fully saturated rings. The molecule has 0 saturated heterocycles. The molecule has 1 aromatic carbocycles. The van der Waals surface area contributed by atoms with E-state index in [1.165, 1.54) is 0 Å². The van der Waals surface area contributed by atoms with Crippen molar-refractivity contribution in [2.75, 3.05) is 7.11 Å². The van der Waals surface area contributed by atoms with Gasteiger partial charge in [-0.2, -0.15) is 0 Å². The van der Waals surface area contributed by atoms with E-state index in [2.05, 4.69) is 4.98 Å². The van der Waals surface area contributed by atoms with Crippen molar-refractivity contribution in [3.05, 3.63) is 47.2 Å². The van der Waals surface area contributed by atoms with Gasteiger partial charge in [0.2, 0.25) is 5.89 Å². The molecule has 7 heteroatoms. The van der Waals surface area contributed by atoms with Gasteiger partial charge in [-0.1, -0.05) is 13.0 Å². The van der Waals surface area contributed by atoms with Crippen LogP contribution in [0.25, 0.3) is 5.57 Å². The number of aromatic nitrogens is 1. The van der Waals surface area contributed by atoms with Crippen LogP contribution in [0, 0.1) is 6.92 Å². The summed E-state index contributed by atoms with van der Waals surface area (Å²) in [5.41, 5.74) is 2.05. The average Bonchev–Trinajstić information content (AvgIpc) is 2.98. The number of benzene rings is 1. The van der Waals surface area contributed by atoms with Crippen LogP contribution < -0.4 is 9.47 Å². The number of carboxylic acid groups (broad SMARTS) is 1. The Hall–Kier alpha value is -2.47. The van der Waals surface area contributed by atoms with E-state index < -0.39 is 5.97 Å². The zero-order valence-corrected chi connectivity index (χ0v) is 15.1. The molecular weight excluding hydrogens is 346 g/mol. The Bertz CT molecular complexity index is 782. The molecule has 0 aliphatic carbocycles. The highest BCUT2D eigenvalue weighted by Crippen LogP contribution is 2.30. The summed E-state index contributed by atoms with van der Waals surface area (Å²) >= 11 is 5.82. The summed E-state index contributed by atoms with van der Waals surface area (Å²) in [7, 11) is 1.56. The molecule has 0 atom stereocenters. The quantitative estimate of drug-likeness (QED) is 0.558. The second kappa shape index (κ2) is 8.58. The zero-order chi connectivity index (χ0) is 18.4. The Morgan fingerprint density at radius 3 is 2.76 bits per heavy atom. The van der Waals surface area contributed by atoms with Crippen LogP contribution >= 0.6 is 11.6 Å². The van der Waals surface area contributed by atoms with E-state index in [1.807, 2.05) is 19.1 Å². The topological polar surface area (TPSA) is 81.8 Å². The Labute approximate surface area is 151 Å². The van der Waals surface area contributed by atoms with E-state index in [0.717, 1.165) is 11.6 Å². The molecule has 0 aliphatic heterocycles. The van der Waals surface area contributed by atoms with Gasteiger partial charge in [-0.25, -0.2) is 9.78 Å². The number of methoxy groups -OCH3 is 1. The minimum atomic E-state index is -1.03. The summed E-state index contributed by atoms with van der Waals surface area (Å²) in [5, 5.41) is 8.91. The molecule has 1 N–H and O–H groups in total. The molecule has 1 aromatic heterocycles. The summed E-state index contributed by atoms with van der Waals surface area (Å²) < 4.78 is 16.7. The number of hydrogen-bond acceptors (Lipinski definition) is 5. The van der Waals surface area contributed by atoms with Gasteiger partial charge < -0.3 is 19.0 Å². The van der Waals surface area contributed by atoms with E-state index >= 15 is 0 Å². The number of ether oxygens (including phenoxy) is 2. The van der Waals surface area contributed by atoms with Crippen LogP contribution in [0.15, 0.2) is 28.7 Å². The van der Waals surface area contributed by atoms with Gasteiger partial charge in [0.15, 0.2) is 11.5 Å². The third-order valence-corrected chi connectivity index (χ3v) is 3.90. The first kappa shape index (κ1) is 18.9. The van der Waals surface area contributed by atoms with Gasteiger partial charge in [-0.15, -0.1) is 11.6 Å². The maximum absolute atomic E-state index is 10.9. The minimum Gasteiger partial charge on any atom is -0.493 e. The fourth-order valence-electron chi connectivity index (χ4n) is 2.22. The third kappa shape index (κ3) is 4.76. The van der Waals surface area contributed by atoms with Gasteiger partial charge in [0.1, 0.15) is 18.1 Å². The number of aliphatic carboxylic acids is 1. The number of oxazole rings is 1. The van der Waals surface area contributed by atoms with Gasteiger partial charge in [0, 0.05) is 17.5 Å². The number of carboxylic acids is 1. The first-order valence-electron chi connectivity index (χ1n) is 7.74. The SMILES string of the molecule is CC/C(=C\C(=O)O)c1nc(COc2ccc(CCl)cc2OC)c(C)o1. The van der Waals surface area contributed by atoms with Crippen molar-refractivity contribution in [3.8, 4) is 11.5 Å². The highest BCUT2D eigenvalue weighted by atomic mass is 35.5. The number of carbonyl (C=O) groups is 1. The van der Waals surface area contributed by atoms with E-state index in [1.54, 1.807) is 20.1 Å². The molecule has 0 bridgehead atoms. The molecule has 0 spiro atoms. The second-order valence-corrected chi connectivity index (χ2v) is 5.56. The minimum absolute atomic E-state index is 0.177.